The second-order valence-corrected chi connectivity index (χ2v) is 3.72. The molecular weight excluding hydrogens is 248 g/mol. The van der Waals surface area contributed by atoms with Crippen molar-refractivity contribution < 1.29 is 19.1 Å². The van der Waals surface area contributed by atoms with E-state index in [1.165, 1.54) is 26.5 Å². The summed E-state index contributed by atoms with van der Waals surface area (Å²) in [6.07, 6.45) is 3.06. The summed E-state index contributed by atoms with van der Waals surface area (Å²) < 4.78 is 10.9. The number of hydrogen-bond donors (Lipinski definition) is 0. The Morgan fingerprint density at radius 1 is 1.26 bits per heavy atom. The summed E-state index contributed by atoms with van der Waals surface area (Å²) in [7, 11) is 2.45. The molecule has 0 fully saturated rings. The van der Waals surface area contributed by atoms with Crippen molar-refractivity contribution >= 4 is 17.5 Å². The summed E-state index contributed by atoms with van der Waals surface area (Å²) in [6.45, 7) is 0. The highest BCUT2D eigenvalue weighted by Gasteiger charge is 2.24. The summed E-state index contributed by atoms with van der Waals surface area (Å²) >= 11 is 0. The quantitative estimate of drug-likeness (QED) is 0.760. The van der Waals surface area contributed by atoms with Crippen LogP contribution in [-0.2, 0) is 9.47 Å². The third-order valence-corrected chi connectivity index (χ3v) is 2.70. The largest absolute Gasteiger partial charge is 0.465 e. The summed E-state index contributed by atoms with van der Waals surface area (Å²) in [6, 6.07) is 5.07. The van der Waals surface area contributed by atoms with Gasteiger partial charge >= 0.3 is 11.9 Å². The highest BCUT2D eigenvalue weighted by Crippen LogP contribution is 2.21. The van der Waals surface area contributed by atoms with E-state index in [9.17, 15) is 9.59 Å². The molecule has 2 aromatic rings. The zero-order valence-corrected chi connectivity index (χ0v) is 10.3. The Morgan fingerprint density at radius 3 is 2.53 bits per heavy atom. The van der Waals surface area contributed by atoms with Gasteiger partial charge in [-0.1, -0.05) is 0 Å². The Balaban J connectivity index is 2.79. The Labute approximate surface area is 108 Å². The van der Waals surface area contributed by atoms with Crippen molar-refractivity contribution in [3.05, 3.63) is 41.2 Å². The van der Waals surface area contributed by atoms with Crippen molar-refractivity contribution in [1.29, 1.82) is 5.26 Å². The van der Waals surface area contributed by atoms with Crippen LogP contribution in [0.3, 0.4) is 0 Å². The number of nitriles is 1. The number of aromatic nitrogens is 1. The lowest BCUT2D eigenvalue weighted by Gasteiger charge is -2.01. The smallest absolute Gasteiger partial charge is 0.340 e. The molecule has 6 heteroatoms. The predicted molar refractivity (Wildman–Crippen MR) is 64.8 cm³/mol. The number of ether oxygens (including phenoxy) is 2. The minimum Gasteiger partial charge on any atom is -0.465 e. The van der Waals surface area contributed by atoms with Gasteiger partial charge in [-0.15, -0.1) is 0 Å². The van der Waals surface area contributed by atoms with E-state index in [1.807, 2.05) is 6.07 Å². The number of pyridine rings is 1. The number of rotatable bonds is 2. The van der Waals surface area contributed by atoms with Gasteiger partial charge in [0, 0.05) is 12.4 Å². The third kappa shape index (κ3) is 2.02. The van der Waals surface area contributed by atoms with E-state index >= 15 is 0 Å². The molecule has 6 nitrogen and oxygen atoms in total. The lowest BCUT2D eigenvalue weighted by atomic mass is 10.1. The first-order chi connectivity index (χ1) is 9.12. The van der Waals surface area contributed by atoms with Gasteiger partial charge in [0.2, 0.25) is 0 Å². The maximum atomic E-state index is 11.8. The molecule has 0 spiro atoms. The molecular formula is C13H10N2O4. The van der Waals surface area contributed by atoms with Crippen LogP contribution in [0.1, 0.15) is 26.3 Å². The topological polar surface area (TPSA) is 80.8 Å². The Morgan fingerprint density at radius 2 is 1.95 bits per heavy atom. The van der Waals surface area contributed by atoms with Crippen LogP contribution in [0, 0.1) is 11.3 Å². The lowest BCUT2D eigenvalue weighted by molar-refractivity contribution is 0.0558. The maximum absolute atomic E-state index is 11.8. The highest BCUT2D eigenvalue weighted by molar-refractivity contribution is 6.08. The van der Waals surface area contributed by atoms with Crippen LogP contribution in [0.4, 0.5) is 0 Å². The van der Waals surface area contributed by atoms with Crippen molar-refractivity contribution in [1.82, 2.24) is 4.40 Å². The fraction of sp³-hybridized carbons (Fsp3) is 0.154. The van der Waals surface area contributed by atoms with Crippen molar-refractivity contribution in [2.45, 2.75) is 0 Å². The van der Waals surface area contributed by atoms with Gasteiger partial charge in [-0.05, 0) is 12.1 Å². The van der Waals surface area contributed by atoms with Gasteiger partial charge in [-0.3, -0.25) is 0 Å². The van der Waals surface area contributed by atoms with E-state index in [2.05, 4.69) is 9.47 Å². The fourth-order valence-electron chi connectivity index (χ4n) is 1.82. The first-order valence-electron chi connectivity index (χ1n) is 5.33. The SMILES string of the molecule is COC(=O)c1cn2ccc(C#N)cc2c1C(=O)OC. The molecule has 0 aliphatic carbocycles. The molecule has 0 N–H and O–H groups in total. The minimum atomic E-state index is -0.655. The van der Waals surface area contributed by atoms with Gasteiger partial charge in [0.05, 0.1) is 42.5 Å². The zero-order valence-electron chi connectivity index (χ0n) is 10.3. The number of carbonyl (C=O) groups is 2. The van der Waals surface area contributed by atoms with E-state index in [4.69, 9.17) is 5.26 Å². The van der Waals surface area contributed by atoms with Crippen LogP contribution in [-0.4, -0.2) is 30.6 Å². The number of nitrogens with zero attached hydrogens (tertiary/aromatic N) is 2. The second kappa shape index (κ2) is 4.82. The average Bonchev–Trinajstić information content (AvgIpc) is 2.83. The molecule has 0 saturated carbocycles. The summed E-state index contributed by atoms with van der Waals surface area (Å²) in [5, 5.41) is 8.88. The normalized spacial score (nSPS) is 9.95. The van der Waals surface area contributed by atoms with Crippen LogP contribution in [0.5, 0.6) is 0 Å². The van der Waals surface area contributed by atoms with E-state index in [1.54, 1.807) is 16.7 Å². The second-order valence-electron chi connectivity index (χ2n) is 3.72. The summed E-state index contributed by atoms with van der Waals surface area (Å²) in [4.78, 5) is 23.5. The first-order valence-corrected chi connectivity index (χ1v) is 5.33. The molecule has 0 unspecified atom stereocenters. The molecule has 0 amide bonds. The van der Waals surface area contributed by atoms with Gasteiger partial charge in [-0.25, -0.2) is 9.59 Å². The van der Waals surface area contributed by atoms with Crippen molar-refractivity contribution in [2.24, 2.45) is 0 Å². The number of hydrogen-bond acceptors (Lipinski definition) is 5. The van der Waals surface area contributed by atoms with E-state index in [0.717, 1.165) is 0 Å². The van der Waals surface area contributed by atoms with Crippen LogP contribution in [0.25, 0.3) is 5.52 Å². The monoisotopic (exact) mass is 258 g/mol. The lowest BCUT2D eigenvalue weighted by Crippen LogP contribution is -2.09. The molecule has 19 heavy (non-hydrogen) atoms. The summed E-state index contributed by atoms with van der Waals surface area (Å²) in [5.74, 6) is -1.29. The standard InChI is InChI=1S/C13H10N2O4/c1-18-12(16)9-7-15-4-3-8(6-14)5-10(15)11(9)13(17)19-2/h3-5,7H,1-2H3. The van der Waals surface area contributed by atoms with Gasteiger partial charge in [0.1, 0.15) is 0 Å². The molecule has 2 rings (SSSR count). The summed E-state index contributed by atoms with van der Waals surface area (Å²) in [5.41, 5.74) is 0.995. The fourth-order valence-corrected chi connectivity index (χ4v) is 1.82. The average molecular weight is 258 g/mol. The van der Waals surface area contributed by atoms with Crippen LogP contribution < -0.4 is 0 Å². The highest BCUT2D eigenvalue weighted by atomic mass is 16.5. The molecule has 96 valence electrons. The van der Waals surface area contributed by atoms with E-state index < -0.39 is 11.9 Å². The van der Waals surface area contributed by atoms with Crippen molar-refractivity contribution in [2.75, 3.05) is 14.2 Å². The molecule has 2 aromatic heterocycles. The van der Waals surface area contributed by atoms with Gasteiger partial charge in [0.25, 0.3) is 0 Å². The molecule has 0 bridgehead atoms. The third-order valence-electron chi connectivity index (χ3n) is 2.70. The molecule has 0 aliphatic rings. The predicted octanol–water partition coefficient (Wildman–Crippen LogP) is 1.38. The molecule has 0 saturated heterocycles. The van der Waals surface area contributed by atoms with Gasteiger partial charge in [0.15, 0.2) is 0 Å². The van der Waals surface area contributed by atoms with Gasteiger partial charge in [-0.2, -0.15) is 5.26 Å². The van der Waals surface area contributed by atoms with Crippen molar-refractivity contribution in [3.8, 4) is 6.07 Å². The molecule has 2 heterocycles. The number of carbonyl (C=O) groups excluding carboxylic acids is 2. The number of esters is 2. The zero-order chi connectivity index (χ0) is 14.0. The number of methoxy groups -OCH3 is 2. The Hall–Kier alpha value is -2.81. The van der Waals surface area contributed by atoms with Crippen LogP contribution >= 0.6 is 0 Å². The van der Waals surface area contributed by atoms with E-state index in [-0.39, 0.29) is 11.1 Å². The van der Waals surface area contributed by atoms with Crippen molar-refractivity contribution in [3.63, 3.8) is 0 Å². The Kier molecular flexibility index (Phi) is 3.21. The molecule has 0 aromatic carbocycles. The minimum absolute atomic E-state index is 0.0893. The van der Waals surface area contributed by atoms with E-state index in [0.29, 0.717) is 11.1 Å². The number of fused-ring (bicyclic) bond motifs is 1. The van der Waals surface area contributed by atoms with Gasteiger partial charge < -0.3 is 13.9 Å². The molecule has 0 radical (unpaired) electrons. The first kappa shape index (κ1) is 12.6. The van der Waals surface area contributed by atoms with Crippen LogP contribution in [0.2, 0.25) is 0 Å². The maximum Gasteiger partial charge on any atom is 0.340 e. The molecule has 0 atom stereocenters. The van der Waals surface area contributed by atoms with Crippen LogP contribution in [0.15, 0.2) is 24.5 Å². The molecule has 0 aliphatic heterocycles. The Bertz CT molecular complexity index is 709.